The normalized spacial score (nSPS) is 10.2. The Bertz CT molecular complexity index is 742. The summed E-state index contributed by atoms with van der Waals surface area (Å²) in [5, 5.41) is 13.0. The van der Waals surface area contributed by atoms with Gasteiger partial charge in [0, 0.05) is 10.5 Å². The maximum Gasteiger partial charge on any atom is 0.311 e. The van der Waals surface area contributed by atoms with Crippen molar-refractivity contribution in [3.8, 4) is 0 Å². The summed E-state index contributed by atoms with van der Waals surface area (Å²) in [4.78, 5) is 25.8. The van der Waals surface area contributed by atoms with Crippen molar-refractivity contribution in [3.05, 3.63) is 61.5 Å². The minimum Gasteiger partial charge on any atom is -0.301 e. The lowest BCUT2D eigenvalue weighted by atomic mass is 10.2. The van der Waals surface area contributed by atoms with Gasteiger partial charge >= 0.3 is 5.69 Å². The van der Waals surface area contributed by atoms with Crippen LogP contribution in [-0.4, -0.2) is 15.8 Å². The molecule has 108 valence electrons. The van der Waals surface area contributed by atoms with E-state index in [1.807, 2.05) is 0 Å². The fraction of sp³-hybridized carbons (Fsp3) is 0. The van der Waals surface area contributed by atoms with Crippen molar-refractivity contribution in [2.24, 2.45) is 0 Å². The highest BCUT2D eigenvalue weighted by Gasteiger charge is 2.20. The fourth-order valence-electron chi connectivity index (χ4n) is 1.52. The summed E-state index contributed by atoms with van der Waals surface area (Å²) >= 11 is 8.70. The molecule has 1 aromatic carbocycles. The largest absolute Gasteiger partial charge is 0.311 e. The quantitative estimate of drug-likeness (QED) is 0.503. The van der Waals surface area contributed by atoms with Crippen molar-refractivity contribution in [2.75, 3.05) is 5.32 Å². The number of anilines is 1. The molecule has 0 radical (unpaired) electrons. The number of pyridine rings is 1. The Morgan fingerprint density at radius 3 is 2.71 bits per heavy atom. The van der Waals surface area contributed by atoms with E-state index in [0.717, 1.165) is 12.1 Å². The molecule has 1 amide bonds. The van der Waals surface area contributed by atoms with Gasteiger partial charge in [-0.2, -0.15) is 0 Å². The average molecular weight is 375 g/mol. The third-order valence-electron chi connectivity index (χ3n) is 2.44. The third kappa shape index (κ3) is 3.53. The van der Waals surface area contributed by atoms with Gasteiger partial charge in [0.05, 0.1) is 10.5 Å². The van der Waals surface area contributed by atoms with Gasteiger partial charge in [-0.15, -0.1) is 0 Å². The van der Waals surface area contributed by atoms with E-state index in [1.165, 1.54) is 18.2 Å². The first-order valence-corrected chi connectivity index (χ1v) is 6.63. The van der Waals surface area contributed by atoms with E-state index in [0.29, 0.717) is 4.47 Å². The summed E-state index contributed by atoms with van der Waals surface area (Å²) in [6, 6.07) is 6.14. The van der Waals surface area contributed by atoms with E-state index >= 15 is 0 Å². The molecule has 0 bridgehead atoms. The lowest BCUT2D eigenvalue weighted by molar-refractivity contribution is -0.384. The SMILES string of the molecule is O=C(Nc1nc(Cl)ccc1[N+](=O)[O-])c1ccc(Br)cc1F. The zero-order valence-corrected chi connectivity index (χ0v) is 12.5. The van der Waals surface area contributed by atoms with Gasteiger partial charge in [-0.3, -0.25) is 14.9 Å². The molecule has 1 aromatic heterocycles. The van der Waals surface area contributed by atoms with E-state index in [2.05, 4.69) is 26.2 Å². The smallest absolute Gasteiger partial charge is 0.301 e. The Kier molecular flexibility index (Phi) is 4.49. The van der Waals surface area contributed by atoms with Gasteiger partial charge in [-0.25, -0.2) is 9.37 Å². The van der Waals surface area contributed by atoms with E-state index < -0.39 is 22.3 Å². The van der Waals surface area contributed by atoms with Crippen LogP contribution < -0.4 is 5.32 Å². The van der Waals surface area contributed by atoms with Crippen LogP contribution in [0, 0.1) is 15.9 Å². The van der Waals surface area contributed by atoms with Gasteiger partial charge in [-0.05, 0) is 24.3 Å². The second-order valence-corrected chi connectivity index (χ2v) is 5.14. The van der Waals surface area contributed by atoms with E-state index in [9.17, 15) is 19.3 Å². The zero-order chi connectivity index (χ0) is 15.6. The van der Waals surface area contributed by atoms with Crippen molar-refractivity contribution >= 4 is 44.9 Å². The van der Waals surface area contributed by atoms with Crippen LogP contribution in [0.4, 0.5) is 15.9 Å². The Labute approximate surface area is 131 Å². The van der Waals surface area contributed by atoms with Crippen molar-refractivity contribution in [2.45, 2.75) is 0 Å². The minimum atomic E-state index is -0.863. The second kappa shape index (κ2) is 6.15. The molecule has 0 saturated carbocycles. The van der Waals surface area contributed by atoms with Gasteiger partial charge < -0.3 is 5.32 Å². The first-order valence-electron chi connectivity index (χ1n) is 5.46. The summed E-state index contributed by atoms with van der Waals surface area (Å²) in [6.07, 6.45) is 0. The van der Waals surface area contributed by atoms with Crippen LogP contribution in [0.25, 0.3) is 0 Å². The highest BCUT2D eigenvalue weighted by Crippen LogP contribution is 2.25. The predicted molar refractivity (Wildman–Crippen MR) is 78.0 cm³/mol. The first-order chi connectivity index (χ1) is 9.88. The summed E-state index contributed by atoms with van der Waals surface area (Å²) in [7, 11) is 0. The molecule has 0 spiro atoms. The number of benzene rings is 1. The van der Waals surface area contributed by atoms with E-state index in [4.69, 9.17) is 11.6 Å². The second-order valence-electron chi connectivity index (χ2n) is 3.84. The van der Waals surface area contributed by atoms with Crippen molar-refractivity contribution in [3.63, 3.8) is 0 Å². The van der Waals surface area contributed by atoms with Crippen LogP contribution in [0.5, 0.6) is 0 Å². The van der Waals surface area contributed by atoms with Crippen molar-refractivity contribution in [1.29, 1.82) is 0 Å². The number of carbonyl (C=O) groups excluding carboxylic acids is 1. The molecule has 6 nitrogen and oxygen atoms in total. The number of rotatable bonds is 3. The molecule has 0 aliphatic heterocycles. The molecule has 21 heavy (non-hydrogen) atoms. The maximum absolute atomic E-state index is 13.7. The molecule has 9 heteroatoms. The summed E-state index contributed by atoms with van der Waals surface area (Å²) < 4.78 is 14.1. The van der Waals surface area contributed by atoms with Gasteiger partial charge in [0.2, 0.25) is 5.82 Å². The van der Waals surface area contributed by atoms with Gasteiger partial charge in [-0.1, -0.05) is 27.5 Å². The number of aromatic nitrogens is 1. The van der Waals surface area contributed by atoms with Gasteiger partial charge in [0.25, 0.3) is 5.91 Å². The lowest BCUT2D eigenvalue weighted by Crippen LogP contribution is -2.16. The Morgan fingerprint density at radius 1 is 1.38 bits per heavy atom. The van der Waals surface area contributed by atoms with E-state index in [-0.39, 0.29) is 16.5 Å². The van der Waals surface area contributed by atoms with Crippen LogP contribution in [-0.2, 0) is 0 Å². The van der Waals surface area contributed by atoms with Crippen LogP contribution in [0.15, 0.2) is 34.8 Å². The number of halogens is 3. The third-order valence-corrected chi connectivity index (χ3v) is 3.15. The molecule has 0 unspecified atom stereocenters. The monoisotopic (exact) mass is 373 g/mol. The molecule has 1 heterocycles. The number of nitro groups is 1. The van der Waals surface area contributed by atoms with Crippen LogP contribution in [0.2, 0.25) is 5.15 Å². The first kappa shape index (κ1) is 15.3. The number of hydrogen-bond donors (Lipinski definition) is 1. The summed E-state index contributed by atoms with van der Waals surface area (Å²) in [5.41, 5.74) is -0.709. The van der Waals surface area contributed by atoms with Crippen molar-refractivity contribution < 1.29 is 14.1 Å². The van der Waals surface area contributed by atoms with E-state index in [1.54, 1.807) is 0 Å². The number of hydrogen-bond acceptors (Lipinski definition) is 4. The van der Waals surface area contributed by atoms with Crippen LogP contribution in [0.3, 0.4) is 0 Å². The Balaban J connectivity index is 2.35. The summed E-state index contributed by atoms with van der Waals surface area (Å²) in [5.74, 6) is -1.98. The number of nitrogens with zero attached hydrogens (tertiary/aromatic N) is 2. The highest BCUT2D eigenvalue weighted by atomic mass is 79.9. The molecule has 0 saturated heterocycles. The molecule has 0 aliphatic carbocycles. The molecule has 0 aliphatic rings. The predicted octanol–water partition coefficient (Wildman–Crippen LogP) is 3.80. The fourth-order valence-corrected chi connectivity index (χ4v) is 2.00. The van der Waals surface area contributed by atoms with Crippen molar-refractivity contribution in [1.82, 2.24) is 4.98 Å². The standard InChI is InChI=1S/C12H6BrClFN3O3/c13-6-1-2-7(8(15)5-6)12(19)17-11-9(18(20)21)3-4-10(14)16-11/h1-5H,(H,16,17,19). The van der Waals surface area contributed by atoms with Crippen LogP contribution >= 0.6 is 27.5 Å². The average Bonchev–Trinajstić information content (AvgIpc) is 2.37. The molecule has 1 N–H and O–H groups in total. The zero-order valence-electron chi connectivity index (χ0n) is 10.1. The Hall–Kier alpha value is -2.06. The molecule has 2 aromatic rings. The molecule has 0 fully saturated rings. The topological polar surface area (TPSA) is 85.1 Å². The van der Waals surface area contributed by atoms with Gasteiger partial charge in [0.15, 0.2) is 0 Å². The number of carbonyl (C=O) groups is 1. The number of nitrogens with one attached hydrogen (secondary N) is 1. The molecular formula is C12H6BrClFN3O3. The molecular weight excluding hydrogens is 369 g/mol. The summed E-state index contributed by atoms with van der Waals surface area (Å²) in [6.45, 7) is 0. The lowest BCUT2D eigenvalue weighted by Gasteiger charge is -2.06. The maximum atomic E-state index is 13.7. The molecule has 2 rings (SSSR count). The molecule has 0 atom stereocenters. The Morgan fingerprint density at radius 2 is 2.10 bits per heavy atom. The minimum absolute atomic E-state index is 0.0350. The van der Waals surface area contributed by atoms with Crippen LogP contribution in [0.1, 0.15) is 10.4 Å². The highest BCUT2D eigenvalue weighted by molar-refractivity contribution is 9.10. The van der Waals surface area contributed by atoms with Gasteiger partial charge in [0.1, 0.15) is 11.0 Å². The number of amides is 1.